The minimum absolute atomic E-state index is 0.0975. The fourth-order valence-electron chi connectivity index (χ4n) is 4.44. The van der Waals surface area contributed by atoms with Gasteiger partial charge in [-0.3, -0.25) is 14.5 Å². The molecule has 178 valence electrons. The number of amidine groups is 1. The molecular formula is C27H31N3O3S. The van der Waals surface area contributed by atoms with Crippen LogP contribution < -0.4 is 9.64 Å². The molecule has 34 heavy (non-hydrogen) atoms. The Morgan fingerprint density at radius 2 is 1.85 bits per heavy atom. The van der Waals surface area contributed by atoms with E-state index in [1.807, 2.05) is 55.1 Å². The van der Waals surface area contributed by atoms with Gasteiger partial charge in [0, 0.05) is 12.6 Å². The van der Waals surface area contributed by atoms with Crippen LogP contribution in [0.2, 0.25) is 0 Å². The monoisotopic (exact) mass is 477 g/mol. The number of methoxy groups -OCH3 is 1. The van der Waals surface area contributed by atoms with E-state index < -0.39 is 0 Å². The van der Waals surface area contributed by atoms with Crippen molar-refractivity contribution < 1.29 is 14.3 Å². The van der Waals surface area contributed by atoms with Crippen LogP contribution in [-0.4, -0.2) is 47.3 Å². The van der Waals surface area contributed by atoms with Crippen LogP contribution >= 0.6 is 11.8 Å². The van der Waals surface area contributed by atoms with E-state index in [1.54, 1.807) is 18.1 Å². The van der Waals surface area contributed by atoms with Crippen molar-refractivity contribution in [2.45, 2.75) is 46.1 Å². The van der Waals surface area contributed by atoms with Crippen LogP contribution in [0.5, 0.6) is 5.75 Å². The van der Waals surface area contributed by atoms with Crippen molar-refractivity contribution in [2.75, 3.05) is 24.3 Å². The molecule has 2 aromatic carbocycles. The van der Waals surface area contributed by atoms with Crippen molar-refractivity contribution in [3.05, 3.63) is 64.9 Å². The zero-order valence-corrected chi connectivity index (χ0v) is 21.0. The first-order valence-electron chi connectivity index (χ1n) is 11.6. The van der Waals surface area contributed by atoms with Crippen molar-refractivity contribution in [1.29, 1.82) is 0 Å². The third-order valence-corrected chi connectivity index (χ3v) is 7.08. The number of ether oxygens (including phenoxy) is 1. The quantitative estimate of drug-likeness (QED) is 0.556. The summed E-state index contributed by atoms with van der Waals surface area (Å²) in [6.45, 7) is 6.93. The molecule has 2 amide bonds. The van der Waals surface area contributed by atoms with Crippen molar-refractivity contribution in [3.63, 3.8) is 0 Å². The van der Waals surface area contributed by atoms with Gasteiger partial charge in [0.15, 0.2) is 5.17 Å². The number of piperidine rings is 1. The van der Waals surface area contributed by atoms with E-state index >= 15 is 0 Å². The highest BCUT2D eigenvalue weighted by Crippen LogP contribution is 2.31. The Balaban J connectivity index is 1.62. The Kier molecular flexibility index (Phi) is 7.41. The molecule has 6 nitrogen and oxygen atoms in total. The minimum atomic E-state index is -0.192. The van der Waals surface area contributed by atoms with Crippen LogP contribution in [0.3, 0.4) is 0 Å². The lowest BCUT2D eigenvalue weighted by atomic mass is 10.0. The fourth-order valence-corrected chi connectivity index (χ4v) is 5.34. The average molecular weight is 478 g/mol. The molecule has 4 rings (SSSR count). The number of carbonyl (C=O) groups is 2. The van der Waals surface area contributed by atoms with Crippen LogP contribution in [-0.2, 0) is 9.59 Å². The molecule has 1 unspecified atom stereocenters. The van der Waals surface area contributed by atoms with Gasteiger partial charge in [-0.1, -0.05) is 30.0 Å². The first-order valence-corrected chi connectivity index (χ1v) is 12.6. The van der Waals surface area contributed by atoms with Crippen LogP contribution in [0.15, 0.2) is 53.2 Å². The average Bonchev–Trinajstić information content (AvgIpc) is 3.12. The van der Waals surface area contributed by atoms with E-state index in [2.05, 4.69) is 18.0 Å². The molecule has 0 aromatic heterocycles. The standard InChI is InChI=1S/C27H31N3O3S/c1-18-13-19(2)15-22(14-18)30-26(32)24(16-21-8-10-23(33-4)11-9-21)28-27(30)34-17-25(31)29-12-6-5-7-20(29)3/h8-11,13-16,20H,5-7,12,17H2,1-4H3/b24-16-. The zero-order valence-electron chi connectivity index (χ0n) is 20.2. The van der Waals surface area contributed by atoms with Gasteiger partial charge in [0.1, 0.15) is 11.4 Å². The highest BCUT2D eigenvalue weighted by atomic mass is 32.2. The predicted molar refractivity (Wildman–Crippen MR) is 139 cm³/mol. The maximum atomic E-state index is 13.5. The molecule has 2 aromatic rings. The molecule has 2 aliphatic heterocycles. The lowest BCUT2D eigenvalue weighted by molar-refractivity contribution is -0.131. The summed E-state index contributed by atoms with van der Waals surface area (Å²) >= 11 is 1.33. The lowest BCUT2D eigenvalue weighted by Crippen LogP contribution is -2.43. The fraction of sp³-hybridized carbons (Fsp3) is 0.370. The SMILES string of the molecule is COc1ccc(/C=C2\N=C(SCC(=O)N3CCCCC3C)N(c3cc(C)cc(C)c3)C2=O)cc1. The molecule has 2 aliphatic rings. The highest BCUT2D eigenvalue weighted by molar-refractivity contribution is 8.14. The molecule has 2 heterocycles. The number of carbonyl (C=O) groups excluding carboxylic acids is 2. The first kappa shape index (κ1) is 24.1. The number of nitrogens with zero attached hydrogens (tertiary/aromatic N) is 3. The number of aryl methyl sites for hydroxylation is 2. The minimum Gasteiger partial charge on any atom is -0.497 e. The number of anilines is 1. The highest BCUT2D eigenvalue weighted by Gasteiger charge is 2.33. The summed E-state index contributed by atoms with van der Waals surface area (Å²) in [4.78, 5) is 34.7. The third-order valence-electron chi connectivity index (χ3n) is 6.16. The number of amides is 2. The molecule has 1 fully saturated rings. The molecule has 0 radical (unpaired) electrons. The summed E-state index contributed by atoms with van der Waals surface area (Å²) in [5.41, 5.74) is 4.12. The van der Waals surface area contributed by atoms with Gasteiger partial charge < -0.3 is 9.64 Å². The Bertz CT molecular complexity index is 1120. The van der Waals surface area contributed by atoms with Crippen molar-refractivity contribution in [2.24, 2.45) is 4.99 Å². The van der Waals surface area contributed by atoms with Crippen molar-refractivity contribution >= 4 is 40.5 Å². The van der Waals surface area contributed by atoms with Gasteiger partial charge in [0.2, 0.25) is 5.91 Å². The van der Waals surface area contributed by atoms with Crippen LogP contribution in [0.25, 0.3) is 6.08 Å². The van der Waals surface area contributed by atoms with Crippen LogP contribution in [0, 0.1) is 13.8 Å². The topological polar surface area (TPSA) is 62.2 Å². The van der Waals surface area contributed by atoms with E-state index in [0.717, 1.165) is 47.5 Å². The Hall–Kier alpha value is -3.06. The van der Waals surface area contributed by atoms with E-state index in [9.17, 15) is 9.59 Å². The maximum absolute atomic E-state index is 13.5. The van der Waals surface area contributed by atoms with E-state index in [4.69, 9.17) is 4.74 Å². The van der Waals surface area contributed by atoms with E-state index in [-0.39, 0.29) is 23.6 Å². The molecule has 1 saturated heterocycles. The molecule has 0 bridgehead atoms. The number of aliphatic imine (C=N–C) groups is 1. The summed E-state index contributed by atoms with van der Waals surface area (Å²) < 4.78 is 5.22. The summed E-state index contributed by atoms with van der Waals surface area (Å²) in [5, 5.41) is 0.535. The number of hydrogen-bond donors (Lipinski definition) is 0. The van der Waals surface area contributed by atoms with Crippen molar-refractivity contribution in [1.82, 2.24) is 4.90 Å². The normalized spacial score (nSPS) is 19.5. The second kappa shape index (κ2) is 10.5. The Morgan fingerprint density at radius 3 is 2.50 bits per heavy atom. The Labute approximate surface area is 205 Å². The van der Waals surface area contributed by atoms with Gasteiger partial charge in [0.25, 0.3) is 5.91 Å². The lowest BCUT2D eigenvalue weighted by Gasteiger charge is -2.33. The number of benzene rings is 2. The number of thioether (sulfide) groups is 1. The molecule has 0 saturated carbocycles. The van der Waals surface area contributed by atoms with E-state index in [1.165, 1.54) is 18.2 Å². The van der Waals surface area contributed by atoms with Gasteiger partial charge in [-0.25, -0.2) is 4.99 Å². The Morgan fingerprint density at radius 1 is 1.15 bits per heavy atom. The molecule has 0 N–H and O–H groups in total. The van der Waals surface area contributed by atoms with Gasteiger partial charge in [0.05, 0.1) is 18.6 Å². The molecule has 0 aliphatic carbocycles. The largest absolute Gasteiger partial charge is 0.497 e. The maximum Gasteiger partial charge on any atom is 0.283 e. The van der Waals surface area contributed by atoms with Crippen molar-refractivity contribution in [3.8, 4) is 5.75 Å². The predicted octanol–water partition coefficient (Wildman–Crippen LogP) is 5.19. The smallest absolute Gasteiger partial charge is 0.283 e. The van der Waals surface area contributed by atoms with Crippen LogP contribution in [0.1, 0.15) is 42.9 Å². The summed E-state index contributed by atoms with van der Waals surface area (Å²) in [6, 6.07) is 13.8. The second-order valence-electron chi connectivity index (χ2n) is 8.90. The first-order chi connectivity index (χ1) is 16.4. The van der Waals surface area contributed by atoms with E-state index in [0.29, 0.717) is 10.9 Å². The zero-order chi connectivity index (χ0) is 24.2. The molecule has 7 heteroatoms. The summed E-state index contributed by atoms with van der Waals surface area (Å²) in [6.07, 6.45) is 5.03. The van der Waals surface area contributed by atoms with Gasteiger partial charge in [-0.2, -0.15) is 0 Å². The van der Waals surface area contributed by atoms with Gasteiger partial charge >= 0.3 is 0 Å². The van der Waals surface area contributed by atoms with Gasteiger partial charge in [-0.05, 0) is 87.1 Å². The third kappa shape index (κ3) is 5.36. The summed E-state index contributed by atoms with van der Waals surface area (Å²) in [5.74, 6) is 0.914. The molecule has 1 atom stereocenters. The second-order valence-corrected chi connectivity index (χ2v) is 9.85. The summed E-state index contributed by atoms with van der Waals surface area (Å²) in [7, 11) is 1.62. The van der Waals surface area contributed by atoms with Gasteiger partial charge in [-0.15, -0.1) is 0 Å². The number of hydrogen-bond acceptors (Lipinski definition) is 5. The molecule has 0 spiro atoms. The number of likely N-dealkylation sites (tertiary alicyclic amines) is 1. The van der Waals surface area contributed by atoms with Crippen LogP contribution in [0.4, 0.5) is 5.69 Å². The molecular weight excluding hydrogens is 446 g/mol. The number of rotatable bonds is 5.